The number of rotatable bonds is 2. The summed E-state index contributed by atoms with van der Waals surface area (Å²) in [5.41, 5.74) is 0. The SMILES string of the molecule is CC1CN(S(=O)(=O)c2cccc3ccccc23)CCC1O. The Morgan fingerprint density at radius 3 is 2.62 bits per heavy atom. The van der Waals surface area contributed by atoms with E-state index in [2.05, 4.69) is 0 Å². The first kappa shape index (κ1) is 14.5. The molecule has 3 rings (SSSR count). The van der Waals surface area contributed by atoms with Gasteiger partial charge in [-0.25, -0.2) is 8.42 Å². The largest absolute Gasteiger partial charge is 0.393 e. The normalized spacial score (nSPS) is 24.3. The van der Waals surface area contributed by atoms with Crippen LogP contribution in [0.2, 0.25) is 0 Å². The fourth-order valence-electron chi connectivity index (χ4n) is 2.87. The molecule has 21 heavy (non-hydrogen) atoms. The standard InChI is InChI=1S/C16H19NO3S/c1-12-11-17(10-9-15(12)18)21(19,20)16-8-4-6-13-5-2-3-7-14(13)16/h2-8,12,15,18H,9-11H2,1H3. The molecule has 5 heteroatoms. The molecule has 0 spiro atoms. The summed E-state index contributed by atoms with van der Waals surface area (Å²) in [5, 5.41) is 11.5. The molecule has 112 valence electrons. The van der Waals surface area contributed by atoms with Crippen LogP contribution < -0.4 is 0 Å². The number of nitrogens with zero attached hydrogens (tertiary/aromatic N) is 1. The highest BCUT2D eigenvalue weighted by Gasteiger charge is 2.33. The number of sulfonamides is 1. The number of fused-ring (bicyclic) bond motifs is 1. The minimum atomic E-state index is -3.52. The molecule has 2 atom stereocenters. The number of aliphatic hydroxyl groups is 1. The maximum atomic E-state index is 12.9. The fraction of sp³-hybridized carbons (Fsp3) is 0.375. The van der Waals surface area contributed by atoms with Gasteiger partial charge in [-0.3, -0.25) is 0 Å². The van der Waals surface area contributed by atoms with Gasteiger partial charge in [0.05, 0.1) is 11.0 Å². The summed E-state index contributed by atoms with van der Waals surface area (Å²) >= 11 is 0. The van der Waals surface area contributed by atoms with Gasteiger partial charge in [0.1, 0.15) is 0 Å². The van der Waals surface area contributed by atoms with Gasteiger partial charge in [0.2, 0.25) is 10.0 Å². The van der Waals surface area contributed by atoms with Crippen molar-refractivity contribution in [3.63, 3.8) is 0 Å². The summed E-state index contributed by atoms with van der Waals surface area (Å²) in [6.07, 6.45) is 0.0782. The smallest absolute Gasteiger partial charge is 0.243 e. The molecule has 1 aliphatic rings. The van der Waals surface area contributed by atoms with Crippen LogP contribution >= 0.6 is 0 Å². The maximum absolute atomic E-state index is 12.9. The van der Waals surface area contributed by atoms with E-state index in [9.17, 15) is 13.5 Å². The second kappa shape index (κ2) is 5.40. The molecule has 1 fully saturated rings. The van der Waals surface area contributed by atoms with Crippen LogP contribution in [0.15, 0.2) is 47.4 Å². The van der Waals surface area contributed by atoms with Crippen LogP contribution in [0.25, 0.3) is 10.8 Å². The van der Waals surface area contributed by atoms with Crippen molar-refractivity contribution in [1.82, 2.24) is 4.31 Å². The van der Waals surface area contributed by atoms with E-state index < -0.39 is 16.1 Å². The molecule has 2 aromatic carbocycles. The summed E-state index contributed by atoms with van der Waals surface area (Å²) in [4.78, 5) is 0.351. The van der Waals surface area contributed by atoms with Crippen LogP contribution in [0.3, 0.4) is 0 Å². The van der Waals surface area contributed by atoms with Crippen molar-refractivity contribution in [2.24, 2.45) is 5.92 Å². The van der Waals surface area contributed by atoms with E-state index in [0.717, 1.165) is 10.8 Å². The number of aliphatic hydroxyl groups excluding tert-OH is 1. The third-order valence-electron chi connectivity index (χ3n) is 4.19. The molecule has 2 aromatic rings. The lowest BCUT2D eigenvalue weighted by Gasteiger charge is -2.33. The highest BCUT2D eigenvalue weighted by Crippen LogP contribution is 2.28. The van der Waals surface area contributed by atoms with E-state index in [1.54, 1.807) is 12.1 Å². The maximum Gasteiger partial charge on any atom is 0.243 e. The molecule has 1 aliphatic heterocycles. The molecule has 0 saturated carbocycles. The van der Waals surface area contributed by atoms with Gasteiger partial charge in [-0.15, -0.1) is 0 Å². The van der Waals surface area contributed by atoms with Crippen LogP contribution in [0.5, 0.6) is 0 Å². The van der Waals surface area contributed by atoms with Crippen molar-refractivity contribution in [2.75, 3.05) is 13.1 Å². The van der Waals surface area contributed by atoms with Crippen LogP contribution in [-0.2, 0) is 10.0 Å². The summed E-state index contributed by atoms with van der Waals surface area (Å²) < 4.78 is 27.3. The van der Waals surface area contributed by atoms with Crippen molar-refractivity contribution in [3.05, 3.63) is 42.5 Å². The lowest BCUT2D eigenvalue weighted by molar-refractivity contribution is 0.0629. The number of hydrogen-bond acceptors (Lipinski definition) is 3. The molecule has 1 heterocycles. The molecule has 2 unspecified atom stereocenters. The van der Waals surface area contributed by atoms with E-state index in [0.29, 0.717) is 24.4 Å². The molecule has 0 bridgehead atoms. The van der Waals surface area contributed by atoms with E-state index in [4.69, 9.17) is 0 Å². The van der Waals surface area contributed by atoms with E-state index in [1.807, 2.05) is 37.3 Å². The highest BCUT2D eigenvalue weighted by molar-refractivity contribution is 7.89. The monoisotopic (exact) mass is 305 g/mol. The van der Waals surface area contributed by atoms with Gasteiger partial charge in [0, 0.05) is 18.5 Å². The summed E-state index contributed by atoms with van der Waals surface area (Å²) in [7, 11) is -3.52. The molecule has 1 N–H and O–H groups in total. The zero-order valence-electron chi connectivity index (χ0n) is 11.9. The predicted molar refractivity (Wildman–Crippen MR) is 82.5 cm³/mol. The summed E-state index contributed by atoms with van der Waals surface area (Å²) in [6, 6.07) is 12.9. The highest BCUT2D eigenvalue weighted by atomic mass is 32.2. The molecule has 0 radical (unpaired) electrons. The molecular formula is C16H19NO3S. The summed E-state index contributed by atoms with van der Waals surface area (Å²) in [6.45, 7) is 2.62. The zero-order valence-corrected chi connectivity index (χ0v) is 12.8. The Morgan fingerprint density at radius 2 is 1.86 bits per heavy atom. The average Bonchev–Trinajstić information content (AvgIpc) is 2.49. The molecule has 0 aromatic heterocycles. The second-order valence-electron chi connectivity index (χ2n) is 5.67. The van der Waals surface area contributed by atoms with E-state index in [-0.39, 0.29) is 5.92 Å². The van der Waals surface area contributed by atoms with Crippen molar-refractivity contribution in [3.8, 4) is 0 Å². The van der Waals surface area contributed by atoms with Gasteiger partial charge >= 0.3 is 0 Å². The molecule has 0 amide bonds. The Morgan fingerprint density at radius 1 is 1.14 bits per heavy atom. The average molecular weight is 305 g/mol. The molecule has 1 saturated heterocycles. The first-order valence-electron chi connectivity index (χ1n) is 7.16. The van der Waals surface area contributed by atoms with Crippen molar-refractivity contribution >= 4 is 20.8 Å². The summed E-state index contributed by atoms with van der Waals surface area (Å²) in [5.74, 6) is -0.0384. The molecule has 4 nitrogen and oxygen atoms in total. The van der Waals surface area contributed by atoms with Crippen molar-refractivity contribution in [2.45, 2.75) is 24.3 Å². The minimum Gasteiger partial charge on any atom is -0.393 e. The van der Waals surface area contributed by atoms with Gasteiger partial charge in [-0.2, -0.15) is 4.31 Å². The number of benzene rings is 2. The van der Waals surface area contributed by atoms with E-state index in [1.165, 1.54) is 4.31 Å². The van der Waals surface area contributed by atoms with Gasteiger partial charge < -0.3 is 5.11 Å². The second-order valence-corrected chi connectivity index (χ2v) is 7.58. The van der Waals surface area contributed by atoms with Gasteiger partial charge in [-0.05, 0) is 23.8 Å². The van der Waals surface area contributed by atoms with Crippen molar-refractivity contribution < 1.29 is 13.5 Å². The predicted octanol–water partition coefficient (Wildman–Crippen LogP) is 2.23. The van der Waals surface area contributed by atoms with Crippen LogP contribution in [0, 0.1) is 5.92 Å². The Bertz CT molecular complexity index is 752. The topological polar surface area (TPSA) is 57.6 Å². The zero-order chi connectivity index (χ0) is 15.0. The van der Waals surface area contributed by atoms with Gasteiger partial charge in [0.15, 0.2) is 0 Å². The Labute approximate surface area is 125 Å². The number of hydrogen-bond donors (Lipinski definition) is 1. The first-order valence-corrected chi connectivity index (χ1v) is 8.60. The quantitative estimate of drug-likeness (QED) is 0.925. The van der Waals surface area contributed by atoms with Gasteiger partial charge in [-0.1, -0.05) is 43.3 Å². The minimum absolute atomic E-state index is 0.0384. The first-order chi connectivity index (χ1) is 10.00. The lowest BCUT2D eigenvalue weighted by Crippen LogP contribution is -2.44. The van der Waals surface area contributed by atoms with Crippen LogP contribution in [0.1, 0.15) is 13.3 Å². The molecule has 0 aliphatic carbocycles. The lowest BCUT2D eigenvalue weighted by atomic mass is 9.99. The number of piperidine rings is 1. The Kier molecular flexibility index (Phi) is 3.73. The Balaban J connectivity index is 2.05. The van der Waals surface area contributed by atoms with E-state index >= 15 is 0 Å². The Hall–Kier alpha value is -1.43. The van der Waals surface area contributed by atoms with Crippen molar-refractivity contribution in [1.29, 1.82) is 0 Å². The molecular weight excluding hydrogens is 286 g/mol. The van der Waals surface area contributed by atoms with Crippen LogP contribution in [0.4, 0.5) is 0 Å². The van der Waals surface area contributed by atoms with Gasteiger partial charge in [0.25, 0.3) is 0 Å². The third-order valence-corrected chi connectivity index (χ3v) is 6.11. The fourth-order valence-corrected chi connectivity index (χ4v) is 4.64. The third kappa shape index (κ3) is 2.57. The van der Waals surface area contributed by atoms with Crippen LogP contribution in [-0.4, -0.2) is 37.0 Å².